The summed E-state index contributed by atoms with van der Waals surface area (Å²) in [5.74, 6) is -0.522. The third-order valence-corrected chi connectivity index (χ3v) is 6.09. The van der Waals surface area contributed by atoms with Crippen LogP contribution in [0, 0.1) is 0 Å². The summed E-state index contributed by atoms with van der Waals surface area (Å²) >= 11 is 11.8. The van der Waals surface area contributed by atoms with Crippen LogP contribution in [0.1, 0.15) is 15.9 Å². The molecule has 0 unspecified atom stereocenters. The van der Waals surface area contributed by atoms with Crippen molar-refractivity contribution in [2.24, 2.45) is 0 Å². The Kier molecular flexibility index (Phi) is 6.44. The molecule has 3 aromatic rings. The van der Waals surface area contributed by atoms with Gasteiger partial charge in [0, 0.05) is 5.69 Å². The van der Waals surface area contributed by atoms with Gasteiger partial charge in [0.2, 0.25) is 0 Å². The summed E-state index contributed by atoms with van der Waals surface area (Å²) in [7, 11) is -3.97. The number of carbonyl (C=O) groups excluding carboxylic acids is 1. The predicted octanol–water partition coefficient (Wildman–Crippen LogP) is 4.54. The third-order valence-electron chi connectivity index (χ3n) is 3.98. The molecular formula is C20H16Cl2N2O4S. The van der Waals surface area contributed by atoms with Crippen LogP contribution in [0.5, 0.6) is 0 Å². The number of halogens is 2. The maximum absolute atomic E-state index is 12.7. The highest BCUT2D eigenvalue weighted by molar-refractivity contribution is 7.92. The molecular weight excluding hydrogens is 435 g/mol. The van der Waals surface area contributed by atoms with E-state index < -0.39 is 15.9 Å². The molecule has 0 heterocycles. The Labute approximate surface area is 178 Å². The molecule has 0 radical (unpaired) electrons. The molecule has 0 spiro atoms. The minimum absolute atomic E-state index is 0.0243. The maximum Gasteiger partial charge on any atom is 0.261 e. The van der Waals surface area contributed by atoms with Crippen molar-refractivity contribution in [1.82, 2.24) is 0 Å². The lowest BCUT2D eigenvalue weighted by molar-refractivity contribution is 0.102. The zero-order valence-corrected chi connectivity index (χ0v) is 17.2. The molecule has 0 fully saturated rings. The summed E-state index contributed by atoms with van der Waals surface area (Å²) in [5, 5.41) is 12.5. The zero-order chi connectivity index (χ0) is 21.0. The van der Waals surface area contributed by atoms with Gasteiger partial charge in [-0.3, -0.25) is 9.52 Å². The Morgan fingerprint density at radius 2 is 1.69 bits per heavy atom. The van der Waals surface area contributed by atoms with Crippen molar-refractivity contribution in [3.63, 3.8) is 0 Å². The van der Waals surface area contributed by atoms with Crippen molar-refractivity contribution in [2.45, 2.75) is 11.5 Å². The van der Waals surface area contributed by atoms with Crippen LogP contribution in [0.25, 0.3) is 0 Å². The highest BCUT2D eigenvalue weighted by atomic mass is 35.5. The van der Waals surface area contributed by atoms with Gasteiger partial charge in [-0.1, -0.05) is 47.5 Å². The number of anilines is 2. The van der Waals surface area contributed by atoms with E-state index in [0.717, 1.165) is 0 Å². The Morgan fingerprint density at radius 3 is 2.41 bits per heavy atom. The summed E-state index contributed by atoms with van der Waals surface area (Å²) in [6, 6.07) is 16.7. The van der Waals surface area contributed by atoms with Gasteiger partial charge < -0.3 is 10.4 Å². The van der Waals surface area contributed by atoms with Crippen molar-refractivity contribution in [1.29, 1.82) is 0 Å². The second-order valence-corrected chi connectivity index (χ2v) is 8.54. The average molecular weight is 451 g/mol. The first-order chi connectivity index (χ1) is 13.8. The summed E-state index contributed by atoms with van der Waals surface area (Å²) in [4.78, 5) is 12.7. The SMILES string of the molecule is O=C(Nc1ccc(Cl)c(Cl)c1)c1ccccc1NS(=O)(=O)c1cccc(CO)c1. The number of carbonyl (C=O) groups is 1. The van der Waals surface area contributed by atoms with E-state index in [2.05, 4.69) is 10.0 Å². The first-order valence-corrected chi connectivity index (χ1v) is 10.6. The van der Waals surface area contributed by atoms with E-state index in [1.165, 1.54) is 36.4 Å². The number of nitrogens with one attached hydrogen (secondary N) is 2. The second kappa shape index (κ2) is 8.84. The monoisotopic (exact) mass is 450 g/mol. The van der Waals surface area contributed by atoms with E-state index in [4.69, 9.17) is 23.2 Å². The number of sulfonamides is 1. The number of aliphatic hydroxyl groups is 1. The van der Waals surface area contributed by atoms with Gasteiger partial charge >= 0.3 is 0 Å². The van der Waals surface area contributed by atoms with Gasteiger partial charge in [0.1, 0.15) is 0 Å². The lowest BCUT2D eigenvalue weighted by Crippen LogP contribution is -2.18. The fourth-order valence-electron chi connectivity index (χ4n) is 2.56. The number of benzene rings is 3. The smallest absolute Gasteiger partial charge is 0.261 e. The Balaban J connectivity index is 1.88. The zero-order valence-electron chi connectivity index (χ0n) is 14.9. The van der Waals surface area contributed by atoms with E-state index >= 15 is 0 Å². The van der Waals surface area contributed by atoms with Gasteiger partial charge in [-0.25, -0.2) is 8.42 Å². The first kappa shape index (κ1) is 21.1. The molecule has 29 heavy (non-hydrogen) atoms. The molecule has 0 aliphatic carbocycles. The van der Waals surface area contributed by atoms with Gasteiger partial charge in [0.25, 0.3) is 15.9 Å². The number of hydrogen-bond donors (Lipinski definition) is 3. The molecule has 0 aromatic heterocycles. The molecule has 0 bridgehead atoms. The molecule has 150 valence electrons. The van der Waals surface area contributed by atoms with Gasteiger partial charge in [-0.2, -0.15) is 0 Å². The molecule has 3 aromatic carbocycles. The predicted molar refractivity (Wildman–Crippen MR) is 114 cm³/mol. The maximum atomic E-state index is 12.7. The standard InChI is InChI=1S/C20H16Cl2N2O4S/c21-17-9-8-14(11-18(17)22)23-20(26)16-6-1-2-7-19(16)24-29(27,28)15-5-3-4-13(10-15)12-25/h1-11,24-25H,12H2,(H,23,26). The van der Waals surface area contributed by atoms with E-state index in [1.54, 1.807) is 30.3 Å². The topological polar surface area (TPSA) is 95.5 Å². The van der Waals surface area contributed by atoms with Gasteiger partial charge in [0.15, 0.2) is 0 Å². The highest BCUT2D eigenvalue weighted by Crippen LogP contribution is 2.26. The van der Waals surface area contributed by atoms with Crippen molar-refractivity contribution in [3.05, 3.63) is 87.9 Å². The van der Waals surface area contributed by atoms with E-state index in [9.17, 15) is 18.3 Å². The molecule has 0 aliphatic heterocycles. The summed E-state index contributed by atoms with van der Waals surface area (Å²) < 4.78 is 27.9. The van der Waals surface area contributed by atoms with Crippen molar-refractivity contribution < 1.29 is 18.3 Å². The van der Waals surface area contributed by atoms with Crippen LogP contribution in [-0.4, -0.2) is 19.4 Å². The molecule has 6 nitrogen and oxygen atoms in total. The van der Waals surface area contributed by atoms with Crippen molar-refractivity contribution in [3.8, 4) is 0 Å². The molecule has 0 atom stereocenters. The minimum atomic E-state index is -3.97. The number of hydrogen-bond acceptors (Lipinski definition) is 4. The second-order valence-electron chi connectivity index (χ2n) is 6.04. The Bertz CT molecular complexity index is 1170. The van der Waals surface area contributed by atoms with E-state index in [0.29, 0.717) is 16.3 Å². The van der Waals surface area contributed by atoms with Crippen LogP contribution in [0.4, 0.5) is 11.4 Å². The van der Waals surface area contributed by atoms with Crippen molar-refractivity contribution >= 4 is 50.5 Å². The largest absolute Gasteiger partial charge is 0.392 e. The van der Waals surface area contributed by atoms with Gasteiger partial charge in [-0.05, 0) is 48.0 Å². The van der Waals surface area contributed by atoms with E-state index in [1.807, 2.05) is 0 Å². The number of amides is 1. The number of rotatable bonds is 6. The quantitative estimate of drug-likeness (QED) is 0.513. The van der Waals surface area contributed by atoms with Crippen LogP contribution >= 0.6 is 23.2 Å². The summed E-state index contributed by atoms with van der Waals surface area (Å²) in [6.07, 6.45) is 0. The van der Waals surface area contributed by atoms with Crippen molar-refractivity contribution in [2.75, 3.05) is 10.0 Å². The van der Waals surface area contributed by atoms with Gasteiger partial charge in [-0.15, -0.1) is 0 Å². The van der Waals surface area contributed by atoms with E-state index in [-0.39, 0.29) is 27.8 Å². The molecule has 0 saturated heterocycles. The average Bonchev–Trinajstić information content (AvgIpc) is 2.71. The van der Waals surface area contributed by atoms with Crippen LogP contribution in [0.2, 0.25) is 10.0 Å². The molecule has 3 rings (SSSR count). The fraction of sp³-hybridized carbons (Fsp3) is 0.0500. The van der Waals surface area contributed by atoms with Crippen LogP contribution in [-0.2, 0) is 16.6 Å². The summed E-state index contributed by atoms with van der Waals surface area (Å²) in [5.41, 5.74) is 1.11. The lowest BCUT2D eigenvalue weighted by Gasteiger charge is -2.13. The minimum Gasteiger partial charge on any atom is -0.392 e. The molecule has 0 saturated carbocycles. The fourth-order valence-corrected chi connectivity index (χ4v) is 4.00. The lowest BCUT2D eigenvalue weighted by atomic mass is 10.1. The van der Waals surface area contributed by atoms with Gasteiger partial charge in [0.05, 0.1) is 32.8 Å². The molecule has 0 aliphatic rings. The normalized spacial score (nSPS) is 11.1. The summed E-state index contributed by atoms with van der Waals surface area (Å²) in [6.45, 7) is -0.286. The van der Waals surface area contributed by atoms with Crippen LogP contribution < -0.4 is 10.0 Å². The van der Waals surface area contributed by atoms with Crippen LogP contribution in [0.3, 0.4) is 0 Å². The number of para-hydroxylation sites is 1. The molecule has 9 heteroatoms. The highest BCUT2D eigenvalue weighted by Gasteiger charge is 2.19. The number of aliphatic hydroxyl groups excluding tert-OH is 1. The Hall–Kier alpha value is -2.58. The van der Waals surface area contributed by atoms with Crippen LogP contribution in [0.15, 0.2) is 71.6 Å². The molecule has 1 amide bonds. The third kappa shape index (κ3) is 5.07. The Morgan fingerprint density at radius 1 is 0.931 bits per heavy atom. The first-order valence-electron chi connectivity index (χ1n) is 8.38. The molecule has 3 N–H and O–H groups in total.